The summed E-state index contributed by atoms with van der Waals surface area (Å²) in [7, 11) is 1.50. The number of halogens is 3. The normalized spacial score (nSPS) is 10.3. The van der Waals surface area contributed by atoms with Crippen LogP contribution in [0.3, 0.4) is 0 Å². The Morgan fingerprint density at radius 3 is 2.07 bits per heavy atom. The maximum absolute atomic E-state index is 13.8. The van der Waals surface area contributed by atoms with E-state index in [1.54, 1.807) is 36.4 Å². The number of anilines is 2. The summed E-state index contributed by atoms with van der Waals surface area (Å²) in [5.41, 5.74) is -0.0230. The number of hydrogen-bond donors (Lipinski definition) is 2. The highest BCUT2D eigenvalue weighted by Gasteiger charge is 2.17. The van der Waals surface area contributed by atoms with Gasteiger partial charge in [-0.25, -0.2) is 13.2 Å². The highest BCUT2D eigenvalue weighted by Crippen LogP contribution is 2.22. The first-order valence-corrected chi connectivity index (χ1v) is 8.39. The number of hydrogen-bond acceptors (Lipinski definition) is 3. The van der Waals surface area contributed by atoms with Crippen molar-refractivity contribution in [2.75, 3.05) is 17.7 Å². The first kappa shape index (κ1) is 19.9. The number of methoxy groups -OCH3 is 1. The van der Waals surface area contributed by atoms with Gasteiger partial charge in [0.15, 0.2) is 11.6 Å². The standard InChI is InChI=1S/C21H15F3N2O3/c1-29-13-8-6-12(7-9-13)20(27)25-18-5-3-2-4-14(18)21(28)26-19-11-16(23)15(22)10-17(19)24/h2-11H,1H3,(H,25,27)(H,26,28). The van der Waals surface area contributed by atoms with Crippen LogP contribution in [0.4, 0.5) is 24.5 Å². The van der Waals surface area contributed by atoms with Gasteiger partial charge in [0.2, 0.25) is 0 Å². The number of nitrogens with one attached hydrogen (secondary N) is 2. The number of rotatable bonds is 5. The van der Waals surface area contributed by atoms with Crippen molar-refractivity contribution in [3.63, 3.8) is 0 Å². The summed E-state index contributed by atoms with van der Waals surface area (Å²) in [6.07, 6.45) is 0. The number of benzene rings is 3. The Kier molecular flexibility index (Phi) is 5.82. The molecule has 148 valence electrons. The number of para-hydroxylation sites is 1. The zero-order valence-corrected chi connectivity index (χ0v) is 15.1. The predicted molar refractivity (Wildman–Crippen MR) is 102 cm³/mol. The Morgan fingerprint density at radius 1 is 0.759 bits per heavy atom. The summed E-state index contributed by atoms with van der Waals surface area (Å²) in [4.78, 5) is 25.0. The van der Waals surface area contributed by atoms with E-state index in [2.05, 4.69) is 10.6 Å². The summed E-state index contributed by atoms with van der Waals surface area (Å²) < 4.78 is 45.2. The van der Waals surface area contributed by atoms with E-state index in [-0.39, 0.29) is 11.3 Å². The summed E-state index contributed by atoms with van der Waals surface area (Å²) in [6.45, 7) is 0. The van der Waals surface area contributed by atoms with Crippen LogP contribution in [-0.4, -0.2) is 18.9 Å². The van der Waals surface area contributed by atoms with Gasteiger partial charge in [0.1, 0.15) is 11.6 Å². The van der Waals surface area contributed by atoms with Crippen molar-refractivity contribution < 1.29 is 27.5 Å². The van der Waals surface area contributed by atoms with Gasteiger partial charge in [-0.05, 0) is 36.4 Å². The van der Waals surface area contributed by atoms with Crippen molar-refractivity contribution in [2.45, 2.75) is 0 Å². The van der Waals surface area contributed by atoms with Crippen LogP contribution >= 0.6 is 0 Å². The van der Waals surface area contributed by atoms with E-state index in [0.29, 0.717) is 23.4 Å². The molecule has 0 saturated heterocycles. The fourth-order valence-electron chi connectivity index (χ4n) is 2.53. The second-order valence-corrected chi connectivity index (χ2v) is 5.93. The third-order valence-electron chi connectivity index (χ3n) is 4.03. The topological polar surface area (TPSA) is 67.4 Å². The van der Waals surface area contributed by atoms with Crippen LogP contribution in [0.25, 0.3) is 0 Å². The Bertz CT molecular complexity index is 1070. The smallest absolute Gasteiger partial charge is 0.257 e. The second-order valence-electron chi connectivity index (χ2n) is 5.93. The van der Waals surface area contributed by atoms with Crippen molar-refractivity contribution in [3.8, 4) is 5.75 Å². The minimum Gasteiger partial charge on any atom is -0.497 e. The summed E-state index contributed by atoms with van der Waals surface area (Å²) in [6, 6.07) is 13.2. The zero-order valence-electron chi connectivity index (χ0n) is 15.1. The maximum Gasteiger partial charge on any atom is 0.257 e. The molecular formula is C21H15F3N2O3. The Hall–Kier alpha value is -3.81. The predicted octanol–water partition coefficient (Wildman–Crippen LogP) is 4.62. The molecule has 0 spiro atoms. The van der Waals surface area contributed by atoms with Gasteiger partial charge < -0.3 is 15.4 Å². The molecule has 3 aromatic carbocycles. The quantitative estimate of drug-likeness (QED) is 0.615. The van der Waals surface area contributed by atoms with Crippen molar-refractivity contribution in [3.05, 3.63) is 89.2 Å². The van der Waals surface area contributed by atoms with E-state index < -0.39 is 35.0 Å². The molecule has 3 rings (SSSR count). The van der Waals surface area contributed by atoms with Crippen molar-refractivity contribution in [1.82, 2.24) is 0 Å². The Labute approximate surface area is 164 Å². The summed E-state index contributed by atoms with van der Waals surface area (Å²) in [5.74, 6) is -4.50. The lowest BCUT2D eigenvalue weighted by Crippen LogP contribution is -2.19. The fourth-order valence-corrected chi connectivity index (χ4v) is 2.53. The molecule has 8 heteroatoms. The van der Waals surface area contributed by atoms with Crippen molar-refractivity contribution >= 4 is 23.2 Å². The molecular weight excluding hydrogens is 385 g/mol. The van der Waals surface area contributed by atoms with E-state index in [1.807, 2.05) is 0 Å². The third-order valence-corrected chi connectivity index (χ3v) is 4.03. The summed E-state index contributed by atoms with van der Waals surface area (Å²) in [5, 5.41) is 4.77. The summed E-state index contributed by atoms with van der Waals surface area (Å²) >= 11 is 0. The first-order valence-electron chi connectivity index (χ1n) is 8.39. The maximum atomic E-state index is 13.8. The second kappa shape index (κ2) is 8.47. The van der Waals surface area contributed by atoms with Crippen LogP contribution in [0.5, 0.6) is 5.75 Å². The number of carbonyl (C=O) groups excluding carboxylic acids is 2. The van der Waals surface area contributed by atoms with E-state index >= 15 is 0 Å². The van der Waals surface area contributed by atoms with Crippen molar-refractivity contribution in [1.29, 1.82) is 0 Å². The van der Waals surface area contributed by atoms with Gasteiger partial charge in [0.05, 0.1) is 24.0 Å². The van der Waals surface area contributed by atoms with E-state index in [0.717, 1.165) is 0 Å². The van der Waals surface area contributed by atoms with Gasteiger partial charge >= 0.3 is 0 Å². The lowest BCUT2D eigenvalue weighted by Gasteiger charge is -2.12. The average molecular weight is 400 g/mol. The SMILES string of the molecule is COc1ccc(C(=O)Nc2ccccc2C(=O)Nc2cc(F)c(F)cc2F)cc1. The van der Waals surface area contributed by atoms with E-state index in [4.69, 9.17) is 4.74 Å². The van der Waals surface area contributed by atoms with Gasteiger partial charge in [0.25, 0.3) is 11.8 Å². The highest BCUT2D eigenvalue weighted by atomic mass is 19.2. The van der Waals surface area contributed by atoms with E-state index in [1.165, 1.54) is 19.2 Å². The van der Waals surface area contributed by atoms with E-state index in [9.17, 15) is 22.8 Å². The van der Waals surface area contributed by atoms with Gasteiger partial charge in [-0.1, -0.05) is 12.1 Å². The minimum atomic E-state index is -1.37. The molecule has 0 aliphatic rings. The number of carbonyl (C=O) groups is 2. The average Bonchev–Trinajstić information content (AvgIpc) is 2.72. The van der Waals surface area contributed by atoms with Crippen LogP contribution < -0.4 is 15.4 Å². The zero-order chi connectivity index (χ0) is 21.0. The minimum absolute atomic E-state index is 0.0125. The van der Waals surface area contributed by atoms with Crippen LogP contribution in [0.1, 0.15) is 20.7 Å². The fraction of sp³-hybridized carbons (Fsp3) is 0.0476. The van der Waals surface area contributed by atoms with Crippen LogP contribution in [0.15, 0.2) is 60.7 Å². The monoisotopic (exact) mass is 400 g/mol. The largest absolute Gasteiger partial charge is 0.497 e. The molecule has 0 fully saturated rings. The first-order chi connectivity index (χ1) is 13.9. The Balaban J connectivity index is 1.82. The van der Waals surface area contributed by atoms with Crippen LogP contribution in [-0.2, 0) is 0 Å². The molecule has 2 amide bonds. The molecule has 3 aromatic rings. The van der Waals surface area contributed by atoms with Gasteiger partial charge in [0, 0.05) is 17.7 Å². The molecule has 0 atom stereocenters. The van der Waals surface area contributed by atoms with Crippen molar-refractivity contribution in [2.24, 2.45) is 0 Å². The lowest BCUT2D eigenvalue weighted by atomic mass is 10.1. The molecule has 0 heterocycles. The number of amides is 2. The molecule has 0 aliphatic heterocycles. The molecule has 0 saturated carbocycles. The molecule has 0 bridgehead atoms. The van der Waals surface area contributed by atoms with Crippen LogP contribution in [0, 0.1) is 17.5 Å². The van der Waals surface area contributed by atoms with Crippen LogP contribution in [0.2, 0.25) is 0 Å². The lowest BCUT2D eigenvalue weighted by molar-refractivity contribution is 0.102. The van der Waals surface area contributed by atoms with Gasteiger partial charge in [-0.2, -0.15) is 0 Å². The molecule has 0 radical (unpaired) electrons. The molecule has 0 unspecified atom stereocenters. The van der Waals surface area contributed by atoms with Gasteiger partial charge in [-0.3, -0.25) is 9.59 Å². The molecule has 2 N–H and O–H groups in total. The molecule has 29 heavy (non-hydrogen) atoms. The third kappa shape index (κ3) is 4.55. The molecule has 0 aliphatic carbocycles. The Morgan fingerprint density at radius 2 is 1.38 bits per heavy atom. The number of ether oxygens (including phenoxy) is 1. The highest BCUT2D eigenvalue weighted by molar-refractivity contribution is 6.12. The molecule has 0 aromatic heterocycles. The van der Waals surface area contributed by atoms with Gasteiger partial charge in [-0.15, -0.1) is 0 Å². The molecule has 5 nitrogen and oxygen atoms in total.